The summed E-state index contributed by atoms with van der Waals surface area (Å²) in [5, 5.41) is 1.58. The average molecular weight is 410 g/mol. The first-order chi connectivity index (χ1) is 14.0. The van der Waals surface area contributed by atoms with Gasteiger partial charge in [-0.2, -0.15) is 0 Å². The van der Waals surface area contributed by atoms with Crippen molar-refractivity contribution in [3.63, 3.8) is 0 Å². The molecule has 0 spiro atoms. The molecule has 1 N–H and O–H groups in total. The minimum Gasteiger partial charge on any atom is -0.360 e. The number of rotatable bonds is 5. The molecule has 0 radical (unpaired) electrons. The van der Waals surface area contributed by atoms with Crippen molar-refractivity contribution in [1.82, 2.24) is 14.8 Å². The molecule has 1 saturated heterocycles. The van der Waals surface area contributed by atoms with Crippen molar-refractivity contribution < 1.29 is 9.59 Å². The minimum absolute atomic E-state index is 0.0772. The van der Waals surface area contributed by atoms with Crippen molar-refractivity contribution >= 4 is 34.2 Å². The molecule has 0 saturated carbocycles. The molecule has 1 fully saturated rings. The molecular formula is C23H24ClN3O2. The molecule has 0 aliphatic carbocycles. The van der Waals surface area contributed by atoms with Gasteiger partial charge in [0.05, 0.1) is 12.5 Å². The Bertz CT molecular complexity index is 1040. The first-order valence-electron chi connectivity index (χ1n) is 9.90. The molecule has 4 rings (SSSR count). The van der Waals surface area contributed by atoms with Crippen molar-refractivity contribution in [1.29, 1.82) is 0 Å². The van der Waals surface area contributed by atoms with Crippen LogP contribution in [-0.4, -0.2) is 58.7 Å². The van der Waals surface area contributed by atoms with E-state index in [2.05, 4.69) is 9.88 Å². The third-order valence-electron chi connectivity index (χ3n) is 5.75. The van der Waals surface area contributed by atoms with Gasteiger partial charge in [-0.3, -0.25) is 14.5 Å². The topological polar surface area (TPSA) is 56.4 Å². The van der Waals surface area contributed by atoms with E-state index in [1.54, 1.807) is 12.3 Å². The Morgan fingerprint density at radius 2 is 1.72 bits per heavy atom. The number of hydrogen-bond donors (Lipinski definition) is 1. The summed E-state index contributed by atoms with van der Waals surface area (Å²) in [7, 11) is 0. The molecule has 1 aliphatic rings. The maximum atomic E-state index is 13.1. The Balaban J connectivity index is 1.37. The quantitative estimate of drug-likeness (QED) is 0.652. The number of halogens is 1. The maximum absolute atomic E-state index is 13.1. The maximum Gasteiger partial charge on any atom is 0.227 e. The monoisotopic (exact) mass is 409 g/mol. The van der Waals surface area contributed by atoms with E-state index in [9.17, 15) is 9.59 Å². The number of nitrogens with zero attached hydrogens (tertiary/aromatic N) is 2. The molecule has 1 atom stereocenters. The van der Waals surface area contributed by atoms with E-state index in [1.165, 1.54) is 0 Å². The number of nitrogens with one attached hydrogen (secondary N) is 1. The van der Waals surface area contributed by atoms with Crippen LogP contribution in [0.4, 0.5) is 0 Å². The second-order valence-corrected chi connectivity index (χ2v) is 7.88. The Labute approximate surface area is 175 Å². The van der Waals surface area contributed by atoms with E-state index in [0.29, 0.717) is 37.6 Å². The van der Waals surface area contributed by atoms with Crippen LogP contribution in [0.25, 0.3) is 10.9 Å². The zero-order chi connectivity index (χ0) is 20.4. The summed E-state index contributed by atoms with van der Waals surface area (Å²) in [5.74, 6) is 0.187. The van der Waals surface area contributed by atoms with Crippen LogP contribution < -0.4 is 0 Å². The van der Waals surface area contributed by atoms with Gasteiger partial charge in [0.25, 0.3) is 0 Å². The number of aromatic amines is 1. The summed E-state index contributed by atoms with van der Waals surface area (Å²) in [5.41, 5.74) is 2.55. The Morgan fingerprint density at radius 3 is 2.48 bits per heavy atom. The number of para-hydroxylation sites is 1. The van der Waals surface area contributed by atoms with Gasteiger partial charge in [-0.05, 0) is 24.6 Å². The van der Waals surface area contributed by atoms with E-state index in [0.717, 1.165) is 22.0 Å². The first-order valence-corrected chi connectivity index (χ1v) is 10.3. The van der Waals surface area contributed by atoms with Crippen LogP contribution in [0.3, 0.4) is 0 Å². The molecule has 29 heavy (non-hydrogen) atoms. The van der Waals surface area contributed by atoms with E-state index < -0.39 is 0 Å². The van der Waals surface area contributed by atoms with Gasteiger partial charge in [0.2, 0.25) is 5.91 Å². The summed E-state index contributed by atoms with van der Waals surface area (Å²) in [6.45, 7) is 4.56. The van der Waals surface area contributed by atoms with E-state index in [4.69, 9.17) is 11.6 Å². The molecule has 2 aromatic carbocycles. The van der Waals surface area contributed by atoms with Crippen LogP contribution >= 0.6 is 11.6 Å². The molecule has 3 aromatic rings. The number of piperazine rings is 1. The fourth-order valence-corrected chi connectivity index (χ4v) is 4.14. The summed E-state index contributed by atoms with van der Waals surface area (Å²) in [6.07, 6.45) is 2.11. The van der Waals surface area contributed by atoms with Crippen LogP contribution in [0.5, 0.6) is 0 Å². The fourth-order valence-electron chi connectivity index (χ4n) is 3.94. The van der Waals surface area contributed by atoms with Crippen LogP contribution in [0.15, 0.2) is 54.7 Å². The molecule has 1 aromatic heterocycles. The number of aromatic nitrogens is 1. The number of carbonyl (C=O) groups is 2. The van der Waals surface area contributed by atoms with Gasteiger partial charge in [0, 0.05) is 53.9 Å². The molecule has 1 unspecified atom stereocenters. The minimum atomic E-state index is -0.227. The largest absolute Gasteiger partial charge is 0.360 e. The smallest absolute Gasteiger partial charge is 0.227 e. The highest BCUT2D eigenvalue weighted by molar-refractivity contribution is 6.31. The molecule has 2 heterocycles. The average Bonchev–Trinajstić information content (AvgIpc) is 3.18. The third kappa shape index (κ3) is 4.07. The zero-order valence-electron chi connectivity index (χ0n) is 16.4. The van der Waals surface area contributed by atoms with Crippen molar-refractivity contribution in [2.45, 2.75) is 19.4 Å². The standard InChI is InChI=1S/C23H24ClN3O2/c1-16(23(29)19-15-25-21-9-5-3-7-18(19)21)26-10-12-27(13-11-26)22(28)14-17-6-2-4-8-20(17)24/h2-9,15-16,25H,10-14H2,1H3. The van der Waals surface area contributed by atoms with E-state index in [1.807, 2.05) is 54.3 Å². The lowest BCUT2D eigenvalue weighted by Gasteiger charge is -2.37. The number of carbonyl (C=O) groups excluding carboxylic acids is 2. The molecule has 1 amide bonds. The lowest BCUT2D eigenvalue weighted by molar-refractivity contribution is -0.132. The van der Waals surface area contributed by atoms with Gasteiger partial charge in [0.15, 0.2) is 5.78 Å². The molecule has 1 aliphatic heterocycles. The number of amides is 1. The van der Waals surface area contributed by atoms with Gasteiger partial charge in [-0.15, -0.1) is 0 Å². The summed E-state index contributed by atoms with van der Waals surface area (Å²) < 4.78 is 0. The normalized spacial score (nSPS) is 16.1. The van der Waals surface area contributed by atoms with Gasteiger partial charge in [-0.1, -0.05) is 48.0 Å². The highest BCUT2D eigenvalue weighted by Crippen LogP contribution is 2.22. The van der Waals surface area contributed by atoms with Crippen molar-refractivity contribution in [2.24, 2.45) is 0 Å². The van der Waals surface area contributed by atoms with Crippen LogP contribution in [0, 0.1) is 0 Å². The number of Topliss-reactive ketones (excluding diaryl/α,β-unsaturated/α-hetero) is 1. The summed E-state index contributed by atoms with van der Waals surface area (Å²) >= 11 is 6.18. The van der Waals surface area contributed by atoms with Gasteiger partial charge >= 0.3 is 0 Å². The second kappa shape index (κ2) is 8.39. The van der Waals surface area contributed by atoms with Crippen molar-refractivity contribution in [2.75, 3.05) is 26.2 Å². The van der Waals surface area contributed by atoms with Crippen molar-refractivity contribution in [3.05, 3.63) is 70.9 Å². The SMILES string of the molecule is CC(C(=O)c1c[nH]c2ccccc12)N1CCN(C(=O)Cc2ccccc2Cl)CC1. The van der Waals surface area contributed by atoms with Crippen LogP contribution in [-0.2, 0) is 11.2 Å². The van der Waals surface area contributed by atoms with Crippen molar-refractivity contribution in [3.8, 4) is 0 Å². The molecular weight excluding hydrogens is 386 g/mol. The Hall–Kier alpha value is -2.63. The lowest BCUT2D eigenvalue weighted by atomic mass is 10.0. The highest BCUT2D eigenvalue weighted by atomic mass is 35.5. The number of hydrogen-bond acceptors (Lipinski definition) is 3. The fraction of sp³-hybridized carbons (Fsp3) is 0.304. The number of benzene rings is 2. The van der Waals surface area contributed by atoms with Gasteiger partial charge < -0.3 is 9.88 Å². The van der Waals surface area contributed by atoms with Gasteiger partial charge in [-0.25, -0.2) is 0 Å². The van der Waals surface area contributed by atoms with Crippen LogP contribution in [0.2, 0.25) is 5.02 Å². The highest BCUT2D eigenvalue weighted by Gasteiger charge is 2.29. The van der Waals surface area contributed by atoms with Gasteiger partial charge in [0.1, 0.15) is 0 Å². The van der Waals surface area contributed by atoms with E-state index >= 15 is 0 Å². The molecule has 0 bridgehead atoms. The lowest BCUT2D eigenvalue weighted by Crippen LogP contribution is -2.53. The second-order valence-electron chi connectivity index (χ2n) is 7.47. The zero-order valence-corrected chi connectivity index (χ0v) is 17.2. The predicted molar refractivity (Wildman–Crippen MR) is 115 cm³/mol. The third-order valence-corrected chi connectivity index (χ3v) is 6.12. The Kier molecular flexibility index (Phi) is 5.69. The Morgan fingerprint density at radius 1 is 1.03 bits per heavy atom. The summed E-state index contributed by atoms with van der Waals surface area (Å²) in [6, 6.07) is 15.1. The molecule has 150 valence electrons. The summed E-state index contributed by atoms with van der Waals surface area (Å²) in [4.78, 5) is 32.9. The van der Waals surface area contributed by atoms with E-state index in [-0.39, 0.29) is 17.7 Å². The van der Waals surface area contributed by atoms with Crippen LogP contribution in [0.1, 0.15) is 22.8 Å². The number of ketones is 1. The number of H-pyrrole nitrogens is 1. The number of fused-ring (bicyclic) bond motifs is 1. The molecule has 5 nitrogen and oxygen atoms in total. The first kappa shape index (κ1) is 19.7. The molecule has 6 heteroatoms. The predicted octanol–water partition coefficient (Wildman–Crippen LogP) is 3.78.